The molecule has 0 heterocycles. The lowest BCUT2D eigenvalue weighted by Crippen LogP contribution is -2.34. The van der Waals surface area contributed by atoms with Crippen LogP contribution in [0, 0.1) is 0 Å². The van der Waals surface area contributed by atoms with Gasteiger partial charge in [0.15, 0.2) is 0 Å². The lowest BCUT2D eigenvalue weighted by atomic mass is 10.3. The first-order chi connectivity index (χ1) is 5.16. The molecule has 0 fully saturated rings. The highest BCUT2D eigenvalue weighted by Gasteiger charge is 2.02. The molecule has 0 saturated heterocycles. The highest BCUT2D eigenvalue weighted by molar-refractivity contribution is 4.59. The molecule has 1 unspecified atom stereocenters. The average Bonchev–Trinajstić information content (AvgIpc) is 1.87. The molecular formula is C7H17NO3. The summed E-state index contributed by atoms with van der Waals surface area (Å²) >= 11 is 0. The number of nitrogens with one attached hydrogen (secondary N) is 1. The van der Waals surface area contributed by atoms with E-state index in [2.05, 4.69) is 5.32 Å². The van der Waals surface area contributed by atoms with Crippen LogP contribution in [0.5, 0.6) is 0 Å². The molecule has 0 rings (SSSR count). The Kier molecular flexibility index (Phi) is 6.45. The zero-order valence-electron chi connectivity index (χ0n) is 7.08. The summed E-state index contributed by atoms with van der Waals surface area (Å²) < 4.78 is 4.71. The number of ether oxygens (including phenoxy) is 1. The summed E-state index contributed by atoms with van der Waals surface area (Å²) in [5, 5.41) is 20.8. The Balaban J connectivity index is 3.10. The van der Waals surface area contributed by atoms with Gasteiger partial charge in [-0.1, -0.05) is 0 Å². The fourth-order valence-electron chi connectivity index (χ4n) is 0.710. The Morgan fingerprint density at radius 1 is 1.36 bits per heavy atom. The van der Waals surface area contributed by atoms with E-state index < -0.39 is 6.10 Å². The van der Waals surface area contributed by atoms with Crippen molar-refractivity contribution < 1.29 is 14.9 Å². The molecule has 0 aliphatic carbocycles. The number of hydrogen-bond acceptors (Lipinski definition) is 4. The van der Waals surface area contributed by atoms with Crippen LogP contribution in [-0.4, -0.2) is 49.2 Å². The average molecular weight is 163 g/mol. The quantitative estimate of drug-likeness (QED) is 0.468. The first kappa shape index (κ1) is 10.8. The summed E-state index contributed by atoms with van der Waals surface area (Å²) in [5.41, 5.74) is 0. The standard InChI is InChI=1S/C7H17NO3/c1-6(9)3-8-4-7(10)5-11-2/h6-10H,3-5H2,1-2H3/t6-,7?/m1/s1. The van der Waals surface area contributed by atoms with Crippen molar-refractivity contribution in [2.24, 2.45) is 0 Å². The molecular weight excluding hydrogens is 146 g/mol. The van der Waals surface area contributed by atoms with Crippen LogP contribution in [0.15, 0.2) is 0 Å². The van der Waals surface area contributed by atoms with E-state index in [1.54, 1.807) is 6.92 Å². The first-order valence-electron chi connectivity index (χ1n) is 3.72. The van der Waals surface area contributed by atoms with Gasteiger partial charge in [-0.25, -0.2) is 0 Å². The van der Waals surface area contributed by atoms with E-state index in [-0.39, 0.29) is 6.10 Å². The fraction of sp³-hybridized carbons (Fsp3) is 1.00. The van der Waals surface area contributed by atoms with Gasteiger partial charge in [-0.05, 0) is 6.92 Å². The third-order valence-electron chi connectivity index (χ3n) is 1.18. The maximum atomic E-state index is 9.09. The van der Waals surface area contributed by atoms with E-state index in [9.17, 15) is 0 Å². The third kappa shape index (κ3) is 7.74. The third-order valence-corrected chi connectivity index (χ3v) is 1.18. The van der Waals surface area contributed by atoms with Crippen molar-refractivity contribution in [1.82, 2.24) is 5.32 Å². The summed E-state index contributed by atoms with van der Waals surface area (Å²) in [7, 11) is 1.54. The number of hydrogen-bond donors (Lipinski definition) is 3. The highest BCUT2D eigenvalue weighted by Crippen LogP contribution is 1.81. The molecule has 0 aliphatic heterocycles. The lowest BCUT2D eigenvalue weighted by Gasteiger charge is -2.11. The van der Waals surface area contributed by atoms with E-state index in [4.69, 9.17) is 14.9 Å². The predicted octanol–water partition coefficient (Wildman–Crippen LogP) is -1.04. The predicted molar refractivity (Wildman–Crippen MR) is 42.4 cm³/mol. The topological polar surface area (TPSA) is 61.7 Å². The largest absolute Gasteiger partial charge is 0.392 e. The lowest BCUT2D eigenvalue weighted by molar-refractivity contribution is 0.0622. The minimum Gasteiger partial charge on any atom is -0.392 e. The molecule has 0 saturated carbocycles. The number of rotatable bonds is 6. The molecule has 0 radical (unpaired) electrons. The highest BCUT2D eigenvalue weighted by atomic mass is 16.5. The van der Waals surface area contributed by atoms with E-state index in [0.717, 1.165) is 0 Å². The summed E-state index contributed by atoms with van der Waals surface area (Å²) in [6, 6.07) is 0. The van der Waals surface area contributed by atoms with Gasteiger partial charge in [-0.2, -0.15) is 0 Å². The minimum absolute atomic E-state index is 0.326. The molecule has 3 N–H and O–H groups in total. The van der Waals surface area contributed by atoms with E-state index in [0.29, 0.717) is 19.7 Å². The minimum atomic E-state index is -0.487. The van der Waals surface area contributed by atoms with Gasteiger partial charge in [0.05, 0.1) is 18.8 Å². The Morgan fingerprint density at radius 2 is 2.00 bits per heavy atom. The van der Waals surface area contributed by atoms with Gasteiger partial charge in [-0.15, -0.1) is 0 Å². The van der Waals surface area contributed by atoms with Crippen LogP contribution in [0.2, 0.25) is 0 Å². The summed E-state index contributed by atoms with van der Waals surface area (Å²) in [5.74, 6) is 0. The van der Waals surface area contributed by atoms with E-state index in [1.165, 1.54) is 7.11 Å². The Morgan fingerprint density at radius 3 is 2.45 bits per heavy atom. The maximum absolute atomic E-state index is 9.09. The summed E-state index contributed by atoms with van der Waals surface area (Å²) in [6.45, 7) is 2.97. The van der Waals surface area contributed by atoms with Gasteiger partial charge < -0.3 is 20.3 Å². The van der Waals surface area contributed by atoms with Gasteiger partial charge in [0.25, 0.3) is 0 Å². The van der Waals surface area contributed by atoms with Crippen molar-refractivity contribution in [2.75, 3.05) is 26.8 Å². The zero-order valence-corrected chi connectivity index (χ0v) is 7.08. The van der Waals surface area contributed by atoms with Crippen LogP contribution in [0.1, 0.15) is 6.92 Å². The van der Waals surface area contributed by atoms with Crippen molar-refractivity contribution >= 4 is 0 Å². The Labute approximate surface area is 67.2 Å². The SMILES string of the molecule is COCC(O)CNC[C@@H](C)O. The van der Waals surface area contributed by atoms with Crippen LogP contribution >= 0.6 is 0 Å². The second-order valence-corrected chi connectivity index (χ2v) is 2.62. The fourth-order valence-corrected chi connectivity index (χ4v) is 0.710. The van der Waals surface area contributed by atoms with Gasteiger partial charge >= 0.3 is 0 Å². The molecule has 4 nitrogen and oxygen atoms in total. The smallest absolute Gasteiger partial charge is 0.0897 e. The molecule has 0 aliphatic rings. The molecule has 11 heavy (non-hydrogen) atoms. The number of aliphatic hydroxyl groups is 2. The normalized spacial score (nSPS) is 16.4. The zero-order chi connectivity index (χ0) is 8.69. The van der Waals surface area contributed by atoms with Crippen LogP contribution in [0.3, 0.4) is 0 Å². The number of aliphatic hydroxyl groups excluding tert-OH is 2. The maximum Gasteiger partial charge on any atom is 0.0897 e. The van der Waals surface area contributed by atoms with Gasteiger partial charge in [0.1, 0.15) is 0 Å². The van der Waals surface area contributed by atoms with Crippen LogP contribution in [0.25, 0.3) is 0 Å². The van der Waals surface area contributed by atoms with Gasteiger partial charge in [-0.3, -0.25) is 0 Å². The molecule has 0 aromatic rings. The molecule has 68 valence electrons. The molecule has 0 spiro atoms. The van der Waals surface area contributed by atoms with Crippen molar-refractivity contribution in [1.29, 1.82) is 0 Å². The van der Waals surface area contributed by atoms with Crippen LogP contribution in [-0.2, 0) is 4.74 Å². The molecule has 0 amide bonds. The van der Waals surface area contributed by atoms with Crippen molar-refractivity contribution in [2.45, 2.75) is 19.1 Å². The van der Waals surface area contributed by atoms with E-state index >= 15 is 0 Å². The molecule has 4 heteroatoms. The summed E-state index contributed by atoms with van der Waals surface area (Å²) in [6.07, 6.45) is -0.858. The molecule has 0 bridgehead atoms. The summed E-state index contributed by atoms with van der Waals surface area (Å²) in [4.78, 5) is 0. The van der Waals surface area contributed by atoms with Crippen LogP contribution in [0.4, 0.5) is 0 Å². The van der Waals surface area contributed by atoms with Gasteiger partial charge in [0.2, 0.25) is 0 Å². The first-order valence-corrected chi connectivity index (χ1v) is 3.72. The van der Waals surface area contributed by atoms with Crippen molar-refractivity contribution in [3.63, 3.8) is 0 Å². The van der Waals surface area contributed by atoms with Crippen molar-refractivity contribution in [3.8, 4) is 0 Å². The van der Waals surface area contributed by atoms with Gasteiger partial charge in [0, 0.05) is 20.2 Å². The molecule has 2 atom stereocenters. The van der Waals surface area contributed by atoms with Crippen LogP contribution < -0.4 is 5.32 Å². The second-order valence-electron chi connectivity index (χ2n) is 2.62. The number of methoxy groups -OCH3 is 1. The molecule has 0 aromatic carbocycles. The monoisotopic (exact) mass is 163 g/mol. The van der Waals surface area contributed by atoms with Crippen molar-refractivity contribution in [3.05, 3.63) is 0 Å². The Hall–Kier alpha value is -0.160. The second kappa shape index (κ2) is 6.54. The van der Waals surface area contributed by atoms with E-state index in [1.807, 2.05) is 0 Å². The Bertz CT molecular complexity index is 87.8. The molecule has 0 aromatic heterocycles.